The molecule has 0 bridgehead atoms. The van der Waals surface area contributed by atoms with Crippen LogP contribution in [0.2, 0.25) is 0 Å². The second-order valence-electron chi connectivity index (χ2n) is 7.03. The van der Waals surface area contributed by atoms with Gasteiger partial charge in [-0.1, -0.05) is 0 Å². The van der Waals surface area contributed by atoms with Gasteiger partial charge in [-0.05, 0) is 37.6 Å². The quantitative estimate of drug-likeness (QED) is 0.854. The van der Waals surface area contributed by atoms with Crippen molar-refractivity contribution in [3.05, 3.63) is 40.3 Å². The Morgan fingerprint density at radius 1 is 1.33 bits per heavy atom. The lowest BCUT2D eigenvalue weighted by Gasteiger charge is -2.45. The van der Waals surface area contributed by atoms with E-state index in [0.717, 1.165) is 50.2 Å². The van der Waals surface area contributed by atoms with Crippen LogP contribution in [0.3, 0.4) is 0 Å². The lowest BCUT2D eigenvalue weighted by molar-refractivity contribution is 0.0321. The molecule has 2 saturated heterocycles. The van der Waals surface area contributed by atoms with Crippen molar-refractivity contribution >= 4 is 11.0 Å². The monoisotopic (exact) mass is 327 g/mol. The molecular weight excluding hydrogens is 302 g/mol. The van der Waals surface area contributed by atoms with Crippen molar-refractivity contribution in [2.24, 2.45) is 0 Å². The zero-order valence-electron chi connectivity index (χ0n) is 14.2. The first kappa shape index (κ1) is 15.7. The Morgan fingerprint density at radius 3 is 3.17 bits per heavy atom. The highest BCUT2D eigenvalue weighted by Gasteiger charge is 2.32. The highest BCUT2D eigenvalue weighted by molar-refractivity contribution is 5.78. The van der Waals surface area contributed by atoms with Crippen molar-refractivity contribution in [1.82, 2.24) is 25.1 Å². The number of nitrogens with one attached hydrogen (secondary N) is 2. The van der Waals surface area contributed by atoms with E-state index in [1.54, 1.807) is 12.3 Å². The molecule has 0 saturated carbocycles. The van der Waals surface area contributed by atoms with E-state index in [2.05, 4.69) is 32.0 Å². The van der Waals surface area contributed by atoms with E-state index in [9.17, 15) is 4.79 Å². The predicted molar refractivity (Wildman–Crippen MR) is 95.1 cm³/mol. The molecule has 0 radical (unpaired) electrons. The summed E-state index contributed by atoms with van der Waals surface area (Å²) in [6.07, 6.45) is 2.92. The van der Waals surface area contributed by atoms with E-state index in [1.807, 2.05) is 12.1 Å². The molecule has 6 nitrogen and oxygen atoms in total. The van der Waals surface area contributed by atoms with Gasteiger partial charge in [0.1, 0.15) is 5.65 Å². The second-order valence-corrected chi connectivity index (χ2v) is 7.03. The third-order valence-electron chi connectivity index (χ3n) is 5.32. The zero-order valence-corrected chi connectivity index (χ0v) is 14.2. The number of aromatic nitrogens is 2. The molecule has 2 aromatic heterocycles. The average Bonchev–Trinajstić information content (AvgIpc) is 2.80. The van der Waals surface area contributed by atoms with Crippen LogP contribution >= 0.6 is 0 Å². The van der Waals surface area contributed by atoms with Crippen LogP contribution in [0.25, 0.3) is 11.0 Å². The van der Waals surface area contributed by atoms with Gasteiger partial charge in [-0.2, -0.15) is 0 Å². The molecule has 2 aliphatic rings. The molecule has 0 aromatic carbocycles. The maximum atomic E-state index is 12.0. The fraction of sp³-hybridized carbons (Fsp3) is 0.556. The Kier molecular flexibility index (Phi) is 4.35. The molecular formula is C18H25N5O. The summed E-state index contributed by atoms with van der Waals surface area (Å²) in [5.41, 5.74) is 1.70. The van der Waals surface area contributed by atoms with Crippen molar-refractivity contribution in [2.45, 2.75) is 32.0 Å². The molecule has 0 aliphatic carbocycles. The van der Waals surface area contributed by atoms with Crippen LogP contribution in [0.5, 0.6) is 0 Å². The highest BCUT2D eigenvalue weighted by atomic mass is 16.1. The van der Waals surface area contributed by atoms with Crippen LogP contribution in [0.4, 0.5) is 0 Å². The van der Waals surface area contributed by atoms with Gasteiger partial charge in [0.25, 0.3) is 0 Å². The van der Waals surface area contributed by atoms with E-state index < -0.39 is 0 Å². The number of pyridine rings is 2. The first-order valence-electron chi connectivity index (χ1n) is 8.86. The molecule has 0 amide bonds. The maximum absolute atomic E-state index is 12.0. The van der Waals surface area contributed by atoms with Crippen molar-refractivity contribution in [1.29, 1.82) is 0 Å². The molecule has 0 unspecified atom stereocenters. The minimum absolute atomic E-state index is 0.0680. The Hall–Kier alpha value is -1.76. The fourth-order valence-corrected chi connectivity index (χ4v) is 4.23. The van der Waals surface area contributed by atoms with Gasteiger partial charge in [0.2, 0.25) is 5.56 Å². The molecule has 2 N–H and O–H groups in total. The van der Waals surface area contributed by atoms with Crippen LogP contribution in [0.1, 0.15) is 18.9 Å². The minimum Gasteiger partial charge on any atom is -0.315 e. The van der Waals surface area contributed by atoms with Gasteiger partial charge in [-0.25, -0.2) is 4.98 Å². The third kappa shape index (κ3) is 3.09. The molecule has 6 heteroatoms. The second kappa shape index (κ2) is 6.63. The lowest BCUT2D eigenvalue weighted by Crippen LogP contribution is -2.57. The van der Waals surface area contributed by atoms with E-state index >= 15 is 0 Å². The molecule has 2 aliphatic heterocycles. The van der Waals surface area contributed by atoms with Crippen molar-refractivity contribution in [3.63, 3.8) is 0 Å². The Morgan fingerprint density at radius 2 is 2.25 bits per heavy atom. The Balaban J connectivity index is 1.58. The summed E-state index contributed by atoms with van der Waals surface area (Å²) in [4.78, 5) is 24.2. The number of hydrogen-bond acceptors (Lipinski definition) is 5. The van der Waals surface area contributed by atoms with Crippen molar-refractivity contribution in [3.8, 4) is 0 Å². The number of H-pyrrole nitrogens is 1. The summed E-state index contributed by atoms with van der Waals surface area (Å²) in [6.45, 7) is 8.57. The number of nitrogens with zero attached hydrogens (tertiary/aromatic N) is 3. The topological polar surface area (TPSA) is 64.3 Å². The van der Waals surface area contributed by atoms with Gasteiger partial charge < -0.3 is 10.3 Å². The van der Waals surface area contributed by atoms with E-state index in [0.29, 0.717) is 17.7 Å². The summed E-state index contributed by atoms with van der Waals surface area (Å²) in [7, 11) is 0. The molecule has 24 heavy (non-hydrogen) atoms. The van der Waals surface area contributed by atoms with Crippen molar-refractivity contribution in [2.75, 3.05) is 32.7 Å². The van der Waals surface area contributed by atoms with Gasteiger partial charge in [-0.3, -0.25) is 14.6 Å². The largest absolute Gasteiger partial charge is 0.315 e. The number of hydrogen-bond donors (Lipinski definition) is 2. The summed E-state index contributed by atoms with van der Waals surface area (Å²) in [5, 5.41) is 4.56. The number of fused-ring (bicyclic) bond motifs is 2. The van der Waals surface area contributed by atoms with Crippen LogP contribution < -0.4 is 10.9 Å². The Bertz CT molecular complexity index is 773. The van der Waals surface area contributed by atoms with E-state index in [-0.39, 0.29) is 5.56 Å². The van der Waals surface area contributed by atoms with Gasteiger partial charge in [0.15, 0.2) is 0 Å². The average molecular weight is 327 g/mol. The first-order chi connectivity index (χ1) is 11.7. The molecule has 4 heterocycles. The van der Waals surface area contributed by atoms with Gasteiger partial charge in [-0.15, -0.1) is 0 Å². The third-order valence-corrected chi connectivity index (χ3v) is 5.32. The molecule has 0 spiro atoms. The van der Waals surface area contributed by atoms with Gasteiger partial charge in [0.05, 0.1) is 0 Å². The summed E-state index contributed by atoms with van der Waals surface area (Å²) >= 11 is 0. The van der Waals surface area contributed by atoms with Crippen LogP contribution in [-0.4, -0.2) is 64.6 Å². The smallest absolute Gasteiger partial charge is 0.249 e. The van der Waals surface area contributed by atoms with E-state index in [4.69, 9.17) is 0 Å². The lowest BCUT2D eigenvalue weighted by atomic mass is 10.0. The zero-order chi connectivity index (χ0) is 16.5. The minimum atomic E-state index is -0.0680. The summed E-state index contributed by atoms with van der Waals surface area (Å²) in [6, 6.07) is 6.87. The molecule has 2 fully saturated rings. The van der Waals surface area contributed by atoms with Crippen LogP contribution in [-0.2, 0) is 6.54 Å². The molecule has 128 valence electrons. The van der Waals surface area contributed by atoms with Crippen molar-refractivity contribution < 1.29 is 0 Å². The number of aromatic amines is 1. The molecule has 2 aromatic rings. The highest BCUT2D eigenvalue weighted by Crippen LogP contribution is 2.22. The normalized spacial score (nSPS) is 26.2. The van der Waals surface area contributed by atoms with E-state index in [1.165, 1.54) is 6.42 Å². The summed E-state index contributed by atoms with van der Waals surface area (Å²) < 4.78 is 0. The number of piperazine rings is 1. The predicted octanol–water partition coefficient (Wildman–Crippen LogP) is 0.791. The molecule has 4 rings (SSSR count). The number of rotatable bonds is 2. The van der Waals surface area contributed by atoms with Crippen LogP contribution in [0, 0.1) is 0 Å². The fourth-order valence-electron chi connectivity index (χ4n) is 4.23. The van der Waals surface area contributed by atoms with Crippen LogP contribution in [0.15, 0.2) is 29.2 Å². The maximum Gasteiger partial charge on any atom is 0.249 e. The SMILES string of the molecule is C[C@@H]1CN(Cc2cc(=O)[nH]c3ncccc23)C[C@@H]2CCNCCN21. The van der Waals surface area contributed by atoms with Gasteiger partial charge in [0, 0.05) is 62.5 Å². The molecule has 2 atom stereocenters. The Labute approximate surface area is 141 Å². The standard InChI is InChI=1S/C18H25N5O/c1-13-10-22(12-15-4-6-19-7-8-23(13)15)11-14-9-17(24)21-18-16(14)3-2-5-20-18/h2-3,5,9,13,15,19H,4,6-8,10-12H2,1H3,(H,20,21,24)/t13-,15+/m1/s1. The summed E-state index contributed by atoms with van der Waals surface area (Å²) in [5.74, 6) is 0. The van der Waals surface area contributed by atoms with Gasteiger partial charge >= 0.3 is 0 Å². The first-order valence-corrected chi connectivity index (χ1v) is 8.86.